The Balaban J connectivity index is 0. The smallest absolute Gasteiger partial charge is 0.746 e. The van der Waals surface area contributed by atoms with Crippen LogP contribution in [0.5, 0.6) is 0 Å². The normalized spacial score (nSPS) is 18.5. The summed E-state index contributed by atoms with van der Waals surface area (Å²) < 4.78 is 34.9. The molecule has 0 aliphatic heterocycles. The Hall–Kier alpha value is 0.790. The predicted octanol–water partition coefficient (Wildman–Crippen LogP) is -4.40. The van der Waals surface area contributed by atoms with E-state index in [1.165, 1.54) is 6.92 Å². The topological polar surface area (TPSA) is 107 Å². The summed E-state index contributed by atoms with van der Waals surface area (Å²) >= 11 is 0. The van der Waals surface area contributed by atoms with Crippen LogP contribution in [0.3, 0.4) is 0 Å². The van der Waals surface area contributed by atoms with Gasteiger partial charge in [0.15, 0.2) is 6.29 Å². The van der Waals surface area contributed by atoms with Gasteiger partial charge in [0.25, 0.3) is 0 Å². The third-order valence-corrected chi connectivity index (χ3v) is 2.07. The molecule has 0 heterocycles. The van der Waals surface area contributed by atoms with Crippen LogP contribution in [0.15, 0.2) is 0 Å². The first-order valence-corrected chi connectivity index (χ1v) is 4.68. The molecule has 3 unspecified atom stereocenters. The van der Waals surface area contributed by atoms with Crippen molar-refractivity contribution in [2.45, 2.75) is 31.7 Å². The van der Waals surface area contributed by atoms with Crippen LogP contribution in [0, 0.1) is 0 Å². The van der Waals surface area contributed by atoms with Gasteiger partial charge in [0, 0.05) is 0 Å². The zero-order valence-electron chi connectivity index (χ0n) is 7.67. The first-order valence-electron chi connectivity index (χ1n) is 3.21. The molecular formula is C5H11NaO6S. The van der Waals surface area contributed by atoms with Gasteiger partial charge in [-0.25, -0.2) is 8.42 Å². The van der Waals surface area contributed by atoms with Crippen LogP contribution in [-0.4, -0.2) is 41.0 Å². The number of ether oxygens (including phenoxy) is 1. The maximum atomic E-state index is 10.2. The van der Waals surface area contributed by atoms with Crippen LogP contribution < -0.4 is 29.6 Å². The van der Waals surface area contributed by atoms with Gasteiger partial charge >= 0.3 is 29.6 Å². The molecular weight excluding hydrogens is 211 g/mol. The molecule has 2 N–H and O–H groups in total. The van der Waals surface area contributed by atoms with Gasteiger partial charge in [-0.3, -0.25) is 0 Å². The Morgan fingerprint density at radius 1 is 1.31 bits per heavy atom. The second-order valence-corrected chi connectivity index (χ2v) is 3.98. The van der Waals surface area contributed by atoms with Crippen molar-refractivity contribution in [3.05, 3.63) is 0 Å². The van der Waals surface area contributed by atoms with E-state index in [1.54, 1.807) is 0 Å². The SMILES string of the molecule is CC(O)C(O)OC(C)S(=O)(=O)[O-].[Na+]. The van der Waals surface area contributed by atoms with E-state index in [1.807, 2.05) is 0 Å². The first-order chi connectivity index (χ1) is 5.25. The van der Waals surface area contributed by atoms with Gasteiger partial charge in [0.05, 0.1) is 0 Å². The predicted molar refractivity (Wildman–Crippen MR) is 37.9 cm³/mol. The molecule has 0 radical (unpaired) electrons. The molecule has 0 saturated heterocycles. The summed E-state index contributed by atoms with van der Waals surface area (Å²) in [6.45, 7) is 2.18. The molecule has 0 bridgehead atoms. The van der Waals surface area contributed by atoms with Crippen LogP contribution in [0.1, 0.15) is 13.8 Å². The Kier molecular flexibility index (Phi) is 7.87. The van der Waals surface area contributed by atoms with E-state index in [4.69, 9.17) is 10.2 Å². The van der Waals surface area contributed by atoms with Gasteiger partial charge in [-0.15, -0.1) is 0 Å². The molecule has 0 aromatic carbocycles. The van der Waals surface area contributed by atoms with E-state index in [0.717, 1.165) is 6.92 Å². The molecule has 0 aromatic heterocycles. The summed E-state index contributed by atoms with van der Waals surface area (Å²) in [5.41, 5.74) is -1.66. The molecule has 0 aliphatic carbocycles. The Morgan fingerprint density at radius 3 is 1.92 bits per heavy atom. The van der Waals surface area contributed by atoms with Gasteiger partial charge in [0.2, 0.25) is 0 Å². The van der Waals surface area contributed by atoms with Gasteiger partial charge < -0.3 is 19.5 Å². The van der Waals surface area contributed by atoms with E-state index in [0.29, 0.717) is 0 Å². The maximum Gasteiger partial charge on any atom is 1.00 e. The molecule has 0 aromatic rings. The monoisotopic (exact) mass is 222 g/mol. The Labute approximate surface area is 98.9 Å². The number of rotatable bonds is 4. The second kappa shape index (κ2) is 6.31. The average Bonchev–Trinajstić information content (AvgIpc) is 1.85. The summed E-state index contributed by atoms with van der Waals surface area (Å²) in [5.74, 6) is 0. The molecule has 0 rings (SSSR count). The third kappa shape index (κ3) is 6.81. The van der Waals surface area contributed by atoms with E-state index < -0.39 is 27.9 Å². The molecule has 8 heteroatoms. The van der Waals surface area contributed by atoms with Gasteiger partial charge in [-0.05, 0) is 13.8 Å². The summed E-state index contributed by atoms with van der Waals surface area (Å²) in [7, 11) is -4.57. The van der Waals surface area contributed by atoms with Crippen molar-refractivity contribution in [2.75, 3.05) is 0 Å². The Bertz CT molecular complexity index is 225. The minimum Gasteiger partial charge on any atom is -0.746 e. The zero-order valence-corrected chi connectivity index (χ0v) is 10.5. The second-order valence-electron chi connectivity index (χ2n) is 2.33. The fourth-order valence-corrected chi connectivity index (χ4v) is 0.628. The summed E-state index contributed by atoms with van der Waals surface area (Å²) in [6, 6.07) is 0. The van der Waals surface area contributed by atoms with Crippen molar-refractivity contribution in [3.63, 3.8) is 0 Å². The first kappa shape index (κ1) is 16.2. The average molecular weight is 222 g/mol. The molecule has 0 aliphatic rings. The van der Waals surface area contributed by atoms with Crippen LogP contribution in [-0.2, 0) is 14.9 Å². The molecule has 13 heavy (non-hydrogen) atoms. The summed E-state index contributed by atoms with van der Waals surface area (Å²) in [4.78, 5) is 0. The molecule has 6 nitrogen and oxygen atoms in total. The van der Waals surface area contributed by atoms with E-state index in [2.05, 4.69) is 4.74 Å². The number of aliphatic hydroxyl groups excluding tert-OH is 2. The standard InChI is InChI=1S/C5H12O6S.Na/c1-3(6)5(7)11-4(2)12(8,9)10;/h3-7H,1-2H3,(H,8,9,10);/q;+1/p-1. The Morgan fingerprint density at radius 2 is 1.69 bits per heavy atom. The van der Waals surface area contributed by atoms with Crippen molar-refractivity contribution >= 4 is 10.1 Å². The largest absolute Gasteiger partial charge is 1.00 e. The molecule has 0 fully saturated rings. The quantitative estimate of drug-likeness (QED) is 0.282. The number of hydrogen-bond acceptors (Lipinski definition) is 6. The van der Waals surface area contributed by atoms with E-state index in [9.17, 15) is 13.0 Å². The fraction of sp³-hybridized carbons (Fsp3) is 1.00. The van der Waals surface area contributed by atoms with E-state index >= 15 is 0 Å². The number of aliphatic hydroxyl groups is 2. The van der Waals surface area contributed by atoms with Gasteiger partial charge in [-0.1, -0.05) is 0 Å². The fourth-order valence-electron chi connectivity index (χ4n) is 0.378. The van der Waals surface area contributed by atoms with Crippen molar-refractivity contribution in [1.82, 2.24) is 0 Å². The van der Waals surface area contributed by atoms with Crippen molar-refractivity contribution < 1.29 is 57.5 Å². The minimum atomic E-state index is -4.57. The van der Waals surface area contributed by atoms with Crippen molar-refractivity contribution in [3.8, 4) is 0 Å². The minimum absolute atomic E-state index is 0. The summed E-state index contributed by atoms with van der Waals surface area (Å²) in [6.07, 6.45) is -2.90. The van der Waals surface area contributed by atoms with E-state index in [-0.39, 0.29) is 29.6 Å². The zero-order chi connectivity index (χ0) is 9.94. The van der Waals surface area contributed by atoms with Crippen molar-refractivity contribution in [2.24, 2.45) is 0 Å². The summed E-state index contributed by atoms with van der Waals surface area (Å²) in [5, 5.41) is 17.4. The van der Waals surface area contributed by atoms with Crippen LogP contribution in [0.25, 0.3) is 0 Å². The van der Waals surface area contributed by atoms with Crippen LogP contribution >= 0.6 is 0 Å². The number of hydrogen-bond donors (Lipinski definition) is 2. The third-order valence-electron chi connectivity index (χ3n) is 1.15. The molecule has 0 spiro atoms. The van der Waals surface area contributed by atoms with Gasteiger partial charge in [0.1, 0.15) is 21.7 Å². The molecule has 74 valence electrons. The van der Waals surface area contributed by atoms with Crippen molar-refractivity contribution in [1.29, 1.82) is 0 Å². The molecule has 3 atom stereocenters. The van der Waals surface area contributed by atoms with Crippen LogP contribution in [0.4, 0.5) is 0 Å². The van der Waals surface area contributed by atoms with Crippen LogP contribution in [0.2, 0.25) is 0 Å². The molecule has 0 amide bonds. The molecule has 0 saturated carbocycles. The van der Waals surface area contributed by atoms with Gasteiger partial charge in [-0.2, -0.15) is 0 Å². The maximum absolute atomic E-state index is 10.2.